The van der Waals surface area contributed by atoms with Crippen LogP contribution < -0.4 is 5.56 Å². The quantitative estimate of drug-likeness (QED) is 0.918. The number of nitrogens with zero attached hydrogens (tertiary/aromatic N) is 4. The summed E-state index contributed by atoms with van der Waals surface area (Å²) in [6.07, 6.45) is 5.54. The van der Waals surface area contributed by atoms with Gasteiger partial charge in [0.15, 0.2) is 0 Å². The van der Waals surface area contributed by atoms with Crippen LogP contribution in [0.15, 0.2) is 23.5 Å². The van der Waals surface area contributed by atoms with Crippen LogP contribution >= 0.6 is 0 Å². The molecule has 3 rings (SSSR count). The lowest BCUT2D eigenvalue weighted by atomic mass is 10.0. The van der Waals surface area contributed by atoms with Gasteiger partial charge in [-0.25, -0.2) is 15.0 Å². The maximum absolute atomic E-state index is 12.2. The Morgan fingerprint density at radius 2 is 2.10 bits per heavy atom. The third kappa shape index (κ3) is 3.00. The number of aromatic amines is 1. The molecule has 2 aromatic rings. The molecule has 6 heteroatoms. The number of rotatable bonds is 3. The Morgan fingerprint density at radius 3 is 2.81 bits per heavy atom. The van der Waals surface area contributed by atoms with Crippen molar-refractivity contribution in [3.63, 3.8) is 0 Å². The summed E-state index contributed by atoms with van der Waals surface area (Å²) in [6, 6.07) is 0. The zero-order valence-corrected chi connectivity index (χ0v) is 12.3. The molecule has 0 amide bonds. The van der Waals surface area contributed by atoms with E-state index in [4.69, 9.17) is 0 Å². The summed E-state index contributed by atoms with van der Waals surface area (Å²) in [5, 5.41) is 0. The van der Waals surface area contributed by atoms with E-state index in [1.807, 2.05) is 0 Å². The monoisotopic (exact) mass is 285 g/mol. The molecule has 0 aliphatic carbocycles. The van der Waals surface area contributed by atoms with Crippen molar-refractivity contribution in [2.24, 2.45) is 5.92 Å². The van der Waals surface area contributed by atoms with E-state index in [0.717, 1.165) is 42.9 Å². The molecule has 0 atom stereocenters. The van der Waals surface area contributed by atoms with Gasteiger partial charge in [-0.2, -0.15) is 0 Å². The van der Waals surface area contributed by atoms with Crippen molar-refractivity contribution >= 4 is 0 Å². The first-order chi connectivity index (χ1) is 10.1. The predicted octanol–water partition coefficient (Wildman–Crippen LogP) is 1.24. The molecule has 1 aliphatic heterocycles. The molecule has 0 bridgehead atoms. The molecule has 0 radical (unpaired) electrons. The van der Waals surface area contributed by atoms with E-state index < -0.39 is 0 Å². The average molecular weight is 285 g/mol. The van der Waals surface area contributed by atoms with Crippen LogP contribution in [-0.4, -0.2) is 37.9 Å². The van der Waals surface area contributed by atoms with Gasteiger partial charge in [0.05, 0.1) is 11.3 Å². The highest BCUT2D eigenvalue weighted by Gasteiger charge is 2.21. The second-order valence-electron chi connectivity index (χ2n) is 5.85. The molecule has 0 aromatic carbocycles. The number of aromatic nitrogens is 4. The molecule has 0 unspecified atom stereocenters. The van der Waals surface area contributed by atoms with Crippen molar-refractivity contribution in [2.45, 2.75) is 26.8 Å². The van der Waals surface area contributed by atoms with Crippen molar-refractivity contribution in [3.05, 3.63) is 40.3 Å². The minimum Gasteiger partial charge on any atom is -0.306 e. The van der Waals surface area contributed by atoms with Crippen LogP contribution in [0.25, 0.3) is 11.4 Å². The van der Waals surface area contributed by atoms with Crippen LogP contribution in [0.1, 0.15) is 25.1 Å². The molecule has 0 saturated carbocycles. The second-order valence-corrected chi connectivity index (χ2v) is 5.85. The number of hydrogen-bond acceptors (Lipinski definition) is 5. The molecule has 1 aliphatic rings. The number of nitrogens with one attached hydrogen (secondary N) is 1. The van der Waals surface area contributed by atoms with Gasteiger partial charge in [0.25, 0.3) is 5.56 Å². The summed E-state index contributed by atoms with van der Waals surface area (Å²) in [7, 11) is 0. The highest BCUT2D eigenvalue weighted by Crippen LogP contribution is 2.18. The lowest BCUT2D eigenvalue weighted by Gasteiger charge is -2.28. The smallest absolute Gasteiger partial charge is 0.254 e. The number of fused-ring (bicyclic) bond motifs is 1. The molecule has 0 fully saturated rings. The first kappa shape index (κ1) is 13.9. The molecule has 0 saturated heterocycles. The fraction of sp³-hybridized carbons (Fsp3) is 0.467. The Hall–Kier alpha value is -2.08. The van der Waals surface area contributed by atoms with E-state index in [2.05, 4.69) is 38.7 Å². The molecule has 1 N–H and O–H groups in total. The van der Waals surface area contributed by atoms with E-state index in [1.165, 1.54) is 6.33 Å². The maximum atomic E-state index is 12.2. The van der Waals surface area contributed by atoms with E-state index in [9.17, 15) is 4.79 Å². The summed E-state index contributed by atoms with van der Waals surface area (Å²) < 4.78 is 0. The molecule has 21 heavy (non-hydrogen) atoms. The second kappa shape index (κ2) is 5.73. The zero-order valence-electron chi connectivity index (χ0n) is 12.3. The van der Waals surface area contributed by atoms with Crippen molar-refractivity contribution in [2.75, 3.05) is 13.1 Å². The molecular formula is C15H19N5O. The molecule has 110 valence electrons. The van der Waals surface area contributed by atoms with E-state index in [-0.39, 0.29) is 5.56 Å². The van der Waals surface area contributed by atoms with E-state index >= 15 is 0 Å². The maximum Gasteiger partial charge on any atom is 0.254 e. The summed E-state index contributed by atoms with van der Waals surface area (Å²) >= 11 is 0. The van der Waals surface area contributed by atoms with Gasteiger partial charge >= 0.3 is 0 Å². The standard InChI is InChI=1S/C15H19N5O/c1-10(2)7-20-4-3-12-13(8-20)18-14(19-15(12)21)11-5-16-9-17-6-11/h5-6,9-10H,3-4,7-8H2,1-2H3,(H,18,19,21). The zero-order chi connectivity index (χ0) is 14.8. The van der Waals surface area contributed by atoms with Crippen LogP contribution in [0.2, 0.25) is 0 Å². The largest absolute Gasteiger partial charge is 0.306 e. The minimum atomic E-state index is -0.0388. The topological polar surface area (TPSA) is 74.8 Å². The van der Waals surface area contributed by atoms with E-state index in [0.29, 0.717) is 11.7 Å². The first-order valence-corrected chi connectivity index (χ1v) is 7.23. The fourth-order valence-corrected chi connectivity index (χ4v) is 2.72. The summed E-state index contributed by atoms with van der Waals surface area (Å²) in [6.45, 7) is 7.08. The van der Waals surface area contributed by atoms with Crippen LogP contribution in [0.3, 0.4) is 0 Å². The summed E-state index contributed by atoms with van der Waals surface area (Å²) in [5.74, 6) is 1.15. The van der Waals surface area contributed by atoms with Gasteiger partial charge in [0.2, 0.25) is 0 Å². The first-order valence-electron chi connectivity index (χ1n) is 7.23. The van der Waals surface area contributed by atoms with Gasteiger partial charge in [0, 0.05) is 37.6 Å². The Balaban J connectivity index is 1.95. The lowest BCUT2D eigenvalue weighted by molar-refractivity contribution is 0.222. The van der Waals surface area contributed by atoms with Crippen LogP contribution in [0, 0.1) is 5.92 Å². The lowest BCUT2D eigenvalue weighted by Crippen LogP contribution is -2.37. The van der Waals surface area contributed by atoms with Gasteiger partial charge in [0.1, 0.15) is 12.2 Å². The Labute approximate surface area is 123 Å². The van der Waals surface area contributed by atoms with Crippen molar-refractivity contribution in [3.8, 4) is 11.4 Å². The van der Waals surface area contributed by atoms with E-state index in [1.54, 1.807) is 12.4 Å². The Morgan fingerprint density at radius 1 is 1.33 bits per heavy atom. The normalized spacial score (nSPS) is 15.2. The highest BCUT2D eigenvalue weighted by atomic mass is 16.1. The summed E-state index contributed by atoms with van der Waals surface area (Å²) in [5.41, 5.74) is 2.39. The van der Waals surface area contributed by atoms with Crippen LogP contribution in [0.5, 0.6) is 0 Å². The van der Waals surface area contributed by atoms with Gasteiger partial charge in [-0.1, -0.05) is 13.8 Å². The third-order valence-electron chi connectivity index (χ3n) is 3.61. The van der Waals surface area contributed by atoms with Crippen molar-refractivity contribution in [1.82, 2.24) is 24.8 Å². The number of H-pyrrole nitrogens is 1. The van der Waals surface area contributed by atoms with Crippen LogP contribution in [-0.2, 0) is 13.0 Å². The molecule has 0 spiro atoms. The third-order valence-corrected chi connectivity index (χ3v) is 3.61. The number of hydrogen-bond donors (Lipinski definition) is 1. The SMILES string of the molecule is CC(C)CN1CCc2c(nc(-c3cncnc3)[nH]c2=O)C1. The van der Waals surface area contributed by atoms with Gasteiger partial charge < -0.3 is 4.98 Å². The highest BCUT2D eigenvalue weighted by molar-refractivity contribution is 5.52. The average Bonchev–Trinajstić information content (AvgIpc) is 2.47. The van der Waals surface area contributed by atoms with Crippen molar-refractivity contribution in [1.29, 1.82) is 0 Å². The Bertz CT molecular complexity index is 680. The molecule has 6 nitrogen and oxygen atoms in total. The van der Waals surface area contributed by atoms with Gasteiger partial charge in [-0.15, -0.1) is 0 Å². The molecule has 2 aromatic heterocycles. The van der Waals surface area contributed by atoms with Crippen LogP contribution in [0.4, 0.5) is 0 Å². The predicted molar refractivity (Wildman–Crippen MR) is 79.7 cm³/mol. The summed E-state index contributed by atoms with van der Waals surface area (Å²) in [4.78, 5) is 30.0. The molecule has 3 heterocycles. The minimum absolute atomic E-state index is 0.0388. The molecular weight excluding hydrogens is 266 g/mol. The van der Waals surface area contributed by atoms with Crippen molar-refractivity contribution < 1.29 is 0 Å². The van der Waals surface area contributed by atoms with Gasteiger partial charge in [-0.3, -0.25) is 9.69 Å². The van der Waals surface area contributed by atoms with Gasteiger partial charge in [-0.05, 0) is 12.3 Å². The Kier molecular flexibility index (Phi) is 3.79. The fourth-order valence-electron chi connectivity index (χ4n) is 2.72.